The molecular weight excluding hydrogens is 399 g/mol. The molecule has 1 fully saturated rings. The van der Waals surface area contributed by atoms with Crippen molar-refractivity contribution in [2.45, 2.75) is 39.2 Å². The van der Waals surface area contributed by atoms with E-state index in [1.54, 1.807) is 0 Å². The predicted molar refractivity (Wildman–Crippen MR) is 107 cm³/mol. The number of halogens is 3. The highest BCUT2D eigenvalue weighted by Crippen LogP contribution is 2.35. The van der Waals surface area contributed by atoms with E-state index in [9.17, 15) is 0 Å². The van der Waals surface area contributed by atoms with E-state index in [2.05, 4.69) is 58.2 Å². The standard InChI is InChI=1S/C17H27BrN2O.2ClH/c1-3-5-6-16(20-11-9-19-10-12-20)15-13-14(18)7-8-17(15)21-4-2;;/h7-8,13,16,19H,3-6,9-12H2,1-2H3;2*1H/t16-;;/m0../s1. The Labute approximate surface area is 161 Å². The summed E-state index contributed by atoms with van der Waals surface area (Å²) in [5.74, 6) is 1.04. The third-order valence-electron chi connectivity index (χ3n) is 4.05. The summed E-state index contributed by atoms with van der Waals surface area (Å²) in [5, 5.41) is 3.45. The molecule has 1 aromatic carbocycles. The van der Waals surface area contributed by atoms with Gasteiger partial charge in [-0.1, -0.05) is 35.7 Å². The number of piperazine rings is 1. The molecule has 0 saturated carbocycles. The molecule has 1 aromatic rings. The van der Waals surface area contributed by atoms with Crippen molar-refractivity contribution in [3.63, 3.8) is 0 Å². The molecule has 0 amide bonds. The van der Waals surface area contributed by atoms with Gasteiger partial charge in [-0.3, -0.25) is 4.90 Å². The fourth-order valence-electron chi connectivity index (χ4n) is 2.99. The van der Waals surface area contributed by atoms with Crippen LogP contribution in [0.2, 0.25) is 0 Å². The van der Waals surface area contributed by atoms with E-state index in [1.165, 1.54) is 24.8 Å². The van der Waals surface area contributed by atoms with Crippen LogP contribution in [0.25, 0.3) is 0 Å². The number of ether oxygens (including phenoxy) is 1. The zero-order valence-electron chi connectivity index (χ0n) is 14.0. The molecule has 1 aliphatic rings. The summed E-state index contributed by atoms with van der Waals surface area (Å²) < 4.78 is 7.02. The summed E-state index contributed by atoms with van der Waals surface area (Å²) in [6.07, 6.45) is 3.69. The first kappa shape index (κ1) is 23.0. The first-order valence-corrected chi connectivity index (χ1v) is 8.92. The molecule has 0 aromatic heterocycles. The molecule has 2 rings (SSSR count). The molecule has 0 unspecified atom stereocenters. The van der Waals surface area contributed by atoms with Gasteiger partial charge in [-0.15, -0.1) is 24.8 Å². The molecule has 1 saturated heterocycles. The molecule has 0 bridgehead atoms. The molecule has 23 heavy (non-hydrogen) atoms. The van der Waals surface area contributed by atoms with E-state index in [4.69, 9.17) is 4.74 Å². The molecule has 1 heterocycles. The van der Waals surface area contributed by atoms with Crippen LogP contribution in [-0.4, -0.2) is 37.7 Å². The summed E-state index contributed by atoms with van der Waals surface area (Å²) in [7, 11) is 0. The van der Waals surface area contributed by atoms with Crippen LogP contribution in [-0.2, 0) is 0 Å². The SMILES string of the molecule is CCCC[C@@H](c1cc(Br)ccc1OCC)N1CCNCC1.Cl.Cl. The van der Waals surface area contributed by atoms with Gasteiger partial charge in [0.1, 0.15) is 5.75 Å². The molecule has 1 atom stereocenters. The van der Waals surface area contributed by atoms with Gasteiger partial charge in [0.25, 0.3) is 0 Å². The second kappa shape index (κ2) is 12.4. The number of nitrogens with zero attached hydrogens (tertiary/aromatic N) is 1. The van der Waals surface area contributed by atoms with Crippen molar-refractivity contribution in [2.24, 2.45) is 0 Å². The minimum Gasteiger partial charge on any atom is -0.494 e. The normalized spacial score (nSPS) is 16.1. The average molecular weight is 428 g/mol. The lowest BCUT2D eigenvalue weighted by atomic mass is 9.98. The van der Waals surface area contributed by atoms with Crippen LogP contribution in [0.3, 0.4) is 0 Å². The van der Waals surface area contributed by atoms with Gasteiger partial charge >= 0.3 is 0 Å². The number of nitrogens with one attached hydrogen (secondary N) is 1. The third kappa shape index (κ3) is 6.79. The Kier molecular flexibility index (Phi) is 12.4. The topological polar surface area (TPSA) is 24.5 Å². The predicted octanol–water partition coefficient (Wildman–Crippen LogP) is 4.83. The molecule has 0 aliphatic carbocycles. The first-order chi connectivity index (χ1) is 10.3. The van der Waals surface area contributed by atoms with Crippen LogP contribution in [0.1, 0.15) is 44.7 Å². The maximum atomic E-state index is 5.88. The van der Waals surface area contributed by atoms with Crippen LogP contribution in [0.15, 0.2) is 22.7 Å². The maximum absolute atomic E-state index is 5.88. The van der Waals surface area contributed by atoms with E-state index in [1.807, 2.05) is 0 Å². The van der Waals surface area contributed by atoms with Crippen LogP contribution < -0.4 is 10.1 Å². The highest BCUT2D eigenvalue weighted by Gasteiger charge is 2.24. The second-order valence-corrected chi connectivity index (χ2v) is 6.47. The molecule has 0 radical (unpaired) electrons. The molecular formula is C17H29BrCl2N2O. The summed E-state index contributed by atoms with van der Waals surface area (Å²) >= 11 is 3.62. The van der Waals surface area contributed by atoms with E-state index >= 15 is 0 Å². The zero-order valence-corrected chi connectivity index (χ0v) is 17.2. The van der Waals surface area contributed by atoms with E-state index in [0.717, 1.165) is 43.0 Å². The van der Waals surface area contributed by atoms with Crippen LogP contribution in [0.4, 0.5) is 0 Å². The van der Waals surface area contributed by atoms with Gasteiger partial charge in [0.15, 0.2) is 0 Å². The molecule has 134 valence electrons. The van der Waals surface area contributed by atoms with Gasteiger partial charge in [0, 0.05) is 42.3 Å². The van der Waals surface area contributed by atoms with Gasteiger partial charge in [-0.2, -0.15) is 0 Å². The van der Waals surface area contributed by atoms with Crippen LogP contribution >= 0.6 is 40.7 Å². The van der Waals surface area contributed by atoms with Crippen LogP contribution in [0, 0.1) is 0 Å². The molecule has 6 heteroatoms. The fraction of sp³-hybridized carbons (Fsp3) is 0.647. The van der Waals surface area contributed by atoms with Gasteiger partial charge in [-0.05, 0) is 31.5 Å². The van der Waals surface area contributed by atoms with Crippen molar-refractivity contribution in [1.29, 1.82) is 0 Å². The van der Waals surface area contributed by atoms with Gasteiger partial charge < -0.3 is 10.1 Å². The van der Waals surface area contributed by atoms with Gasteiger partial charge in [0.2, 0.25) is 0 Å². The lowest BCUT2D eigenvalue weighted by Gasteiger charge is -2.36. The van der Waals surface area contributed by atoms with E-state index in [-0.39, 0.29) is 24.8 Å². The monoisotopic (exact) mass is 426 g/mol. The lowest BCUT2D eigenvalue weighted by molar-refractivity contribution is 0.159. The molecule has 0 spiro atoms. The lowest BCUT2D eigenvalue weighted by Crippen LogP contribution is -2.45. The summed E-state index contributed by atoms with van der Waals surface area (Å²) in [5.41, 5.74) is 1.33. The van der Waals surface area contributed by atoms with Crippen molar-refractivity contribution in [2.75, 3.05) is 32.8 Å². The average Bonchev–Trinajstić information content (AvgIpc) is 2.51. The van der Waals surface area contributed by atoms with Gasteiger partial charge in [-0.25, -0.2) is 0 Å². The van der Waals surface area contributed by atoms with Crippen molar-refractivity contribution < 1.29 is 4.74 Å². The Morgan fingerprint density at radius 3 is 2.52 bits per heavy atom. The number of hydrogen-bond donors (Lipinski definition) is 1. The van der Waals surface area contributed by atoms with Crippen molar-refractivity contribution >= 4 is 40.7 Å². The van der Waals surface area contributed by atoms with E-state index < -0.39 is 0 Å². The number of rotatable bonds is 7. The summed E-state index contributed by atoms with van der Waals surface area (Å²) in [6, 6.07) is 6.88. The number of benzene rings is 1. The summed E-state index contributed by atoms with van der Waals surface area (Å²) in [4.78, 5) is 2.61. The van der Waals surface area contributed by atoms with Crippen molar-refractivity contribution in [3.8, 4) is 5.75 Å². The Morgan fingerprint density at radius 2 is 1.91 bits per heavy atom. The number of hydrogen-bond acceptors (Lipinski definition) is 3. The van der Waals surface area contributed by atoms with Gasteiger partial charge in [0.05, 0.1) is 6.61 Å². The highest BCUT2D eigenvalue weighted by molar-refractivity contribution is 9.10. The molecule has 1 aliphatic heterocycles. The number of unbranched alkanes of at least 4 members (excludes halogenated alkanes) is 1. The summed E-state index contributed by atoms with van der Waals surface area (Å²) in [6.45, 7) is 9.44. The molecule has 3 nitrogen and oxygen atoms in total. The Morgan fingerprint density at radius 1 is 1.22 bits per heavy atom. The van der Waals surface area contributed by atoms with Crippen molar-refractivity contribution in [1.82, 2.24) is 10.2 Å². The minimum atomic E-state index is 0. The largest absolute Gasteiger partial charge is 0.494 e. The first-order valence-electron chi connectivity index (χ1n) is 8.13. The second-order valence-electron chi connectivity index (χ2n) is 5.56. The highest BCUT2D eigenvalue weighted by atomic mass is 79.9. The smallest absolute Gasteiger partial charge is 0.124 e. The maximum Gasteiger partial charge on any atom is 0.124 e. The van der Waals surface area contributed by atoms with Crippen molar-refractivity contribution in [3.05, 3.63) is 28.2 Å². The Bertz CT molecular complexity index is 443. The van der Waals surface area contributed by atoms with Crippen LogP contribution in [0.5, 0.6) is 5.75 Å². The van der Waals surface area contributed by atoms with E-state index in [0.29, 0.717) is 6.04 Å². The third-order valence-corrected chi connectivity index (χ3v) is 4.55. The quantitative estimate of drug-likeness (QED) is 0.674. The Balaban J connectivity index is 0.00000242. The molecule has 1 N–H and O–H groups in total. The minimum absolute atomic E-state index is 0. The Hall–Kier alpha value is -0.000000000000000111. The zero-order chi connectivity index (χ0) is 15.1. The fourth-order valence-corrected chi connectivity index (χ4v) is 3.37.